The van der Waals surface area contributed by atoms with Crippen LogP contribution in [0.25, 0.3) is 11.1 Å². The minimum absolute atomic E-state index is 0.0599. The fourth-order valence-corrected chi connectivity index (χ4v) is 1.50. The number of phenols is 1. The Hall–Kier alpha value is -1.84. The van der Waals surface area contributed by atoms with E-state index in [-0.39, 0.29) is 17.6 Å². The molecule has 0 saturated carbocycles. The molecule has 0 fully saturated rings. The van der Waals surface area contributed by atoms with Gasteiger partial charge in [-0.1, -0.05) is 0 Å². The molecule has 0 saturated heterocycles. The Morgan fingerprint density at radius 1 is 1.38 bits per heavy atom. The highest BCUT2D eigenvalue weighted by atomic mass is 19.1. The van der Waals surface area contributed by atoms with Crippen molar-refractivity contribution in [2.45, 2.75) is 19.9 Å². The third-order valence-corrected chi connectivity index (χ3v) is 2.40. The highest BCUT2D eigenvalue weighted by Gasteiger charge is 2.09. The number of hydrogen-bond donors (Lipinski definition) is 1. The third kappa shape index (κ3) is 1.91. The van der Waals surface area contributed by atoms with Crippen molar-refractivity contribution in [3.05, 3.63) is 36.4 Å². The molecule has 1 aromatic carbocycles. The molecule has 0 radical (unpaired) electrons. The van der Waals surface area contributed by atoms with Crippen LogP contribution in [0, 0.1) is 5.82 Å². The van der Waals surface area contributed by atoms with Crippen molar-refractivity contribution in [3.8, 4) is 16.9 Å². The zero-order valence-corrected chi connectivity index (χ0v) is 9.18. The van der Waals surface area contributed by atoms with Crippen LogP contribution in [0.5, 0.6) is 5.75 Å². The molecule has 0 unspecified atom stereocenters. The summed E-state index contributed by atoms with van der Waals surface area (Å²) in [5, 5.41) is 13.8. The minimum atomic E-state index is -0.370. The Labute approximate surface area is 93.2 Å². The number of hydrogen-bond acceptors (Lipinski definition) is 2. The standard InChI is InChI=1S/C12H13FN2O/c1-8(2)15-7-9(6-14-15)11-5-10(13)3-4-12(11)16/h3-8,16H,1-2H3. The number of benzene rings is 1. The van der Waals surface area contributed by atoms with Gasteiger partial charge in [0.05, 0.1) is 6.20 Å². The quantitative estimate of drug-likeness (QED) is 0.844. The van der Waals surface area contributed by atoms with Crippen LogP contribution in [0.1, 0.15) is 19.9 Å². The molecule has 84 valence electrons. The number of aromatic nitrogens is 2. The largest absolute Gasteiger partial charge is 0.507 e. The van der Waals surface area contributed by atoms with Crippen molar-refractivity contribution < 1.29 is 9.50 Å². The summed E-state index contributed by atoms with van der Waals surface area (Å²) in [4.78, 5) is 0. The van der Waals surface area contributed by atoms with Crippen molar-refractivity contribution in [2.75, 3.05) is 0 Å². The summed E-state index contributed by atoms with van der Waals surface area (Å²) in [5.74, 6) is -0.310. The maximum absolute atomic E-state index is 13.1. The zero-order valence-electron chi connectivity index (χ0n) is 9.18. The van der Waals surface area contributed by atoms with Gasteiger partial charge < -0.3 is 5.11 Å². The van der Waals surface area contributed by atoms with Crippen LogP contribution >= 0.6 is 0 Å². The van der Waals surface area contributed by atoms with Crippen LogP contribution < -0.4 is 0 Å². The summed E-state index contributed by atoms with van der Waals surface area (Å²) in [6.45, 7) is 4.00. The van der Waals surface area contributed by atoms with Gasteiger partial charge in [-0.05, 0) is 32.0 Å². The Balaban J connectivity index is 2.46. The molecular weight excluding hydrogens is 207 g/mol. The van der Waals surface area contributed by atoms with Gasteiger partial charge in [0, 0.05) is 23.4 Å². The van der Waals surface area contributed by atoms with Crippen LogP contribution in [0.3, 0.4) is 0 Å². The van der Waals surface area contributed by atoms with Gasteiger partial charge >= 0.3 is 0 Å². The van der Waals surface area contributed by atoms with Crippen LogP contribution in [-0.2, 0) is 0 Å². The summed E-state index contributed by atoms with van der Waals surface area (Å²) >= 11 is 0. The normalized spacial score (nSPS) is 11.0. The predicted molar refractivity (Wildman–Crippen MR) is 59.7 cm³/mol. The topological polar surface area (TPSA) is 38.0 Å². The second-order valence-corrected chi connectivity index (χ2v) is 3.96. The maximum Gasteiger partial charge on any atom is 0.124 e. The molecule has 0 aliphatic rings. The number of nitrogens with zero attached hydrogens (tertiary/aromatic N) is 2. The first kappa shape index (κ1) is 10.7. The van der Waals surface area contributed by atoms with E-state index in [2.05, 4.69) is 5.10 Å². The smallest absolute Gasteiger partial charge is 0.124 e. The Bertz CT molecular complexity index is 505. The van der Waals surface area contributed by atoms with E-state index >= 15 is 0 Å². The van der Waals surface area contributed by atoms with E-state index in [0.717, 1.165) is 0 Å². The zero-order chi connectivity index (χ0) is 11.7. The molecule has 0 bridgehead atoms. The molecule has 0 aliphatic heterocycles. The van der Waals surface area contributed by atoms with Gasteiger partial charge in [-0.2, -0.15) is 5.10 Å². The fourth-order valence-electron chi connectivity index (χ4n) is 1.50. The number of phenolic OH excluding ortho intramolecular Hbond substituents is 1. The first-order valence-electron chi connectivity index (χ1n) is 5.11. The number of rotatable bonds is 2. The molecule has 0 atom stereocenters. The predicted octanol–water partition coefficient (Wildman–Crippen LogP) is 2.98. The second-order valence-electron chi connectivity index (χ2n) is 3.96. The highest BCUT2D eigenvalue weighted by molar-refractivity contribution is 5.68. The Morgan fingerprint density at radius 3 is 2.75 bits per heavy atom. The molecule has 1 aromatic heterocycles. The van der Waals surface area contributed by atoms with Crippen LogP contribution in [0.15, 0.2) is 30.6 Å². The molecule has 1 N–H and O–H groups in total. The molecule has 16 heavy (non-hydrogen) atoms. The highest BCUT2D eigenvalue weighted by Crippen LogP contribution is 2.29. The first-order chi connectivity index (χ1) is 7.58. The van der Waals surface area contributed by atoms with Gasteiger partial charge in [0.1, 0.15) is 11.6 Å². The molecule has 0 aliphatic carbocycles. The third-order valence-electron chi connectivity index (χ3n) is 2.40. The van der Waals surface area contributed by atoms with Gasteiger partial charge in [-0.15, -0.1) is 0 Å². The van der Waals surface area contributed by atoms with Gasteiger partial charge in [0.25, 0.3) is 0 Å². The van der Waals surface area contributed by atoms with Gasteiger partial charge in [0.15, 0.2) is 0 Å². The molecule has 4 heteroatoms. The van der Waals surface area contributed by atoms with Crippen LogP contribution in [0.4, 0.5) is 4.39 Å². The van der Waals surface area contributed by atoms with Gasteiger partial charge in [-0.25, -0.2) is 4.39 Å². The van der Waals surface area contributed by atoms with Crippen molar-refractivity contribution in [3.63, 3.8) is 0 Å². The molecular formula is C12H13FN2O. The maximum atomic E-state index is 13.1. The van der Waals surface area contributed by atoms with E-state index in [1.165, 1.54) is 18.2 Å². The summed E-state index contributed by atoms with van der Waals surface area (Å²) < 4.78 is 14.8. The van der Waals surface area contributed by atoms with E-state index in [1.54, 1.807) is 17.1 Å². The van der Waals surface area contributed by atoms with E-state index in [4.69, 9.17) is 0 Å². The molecule has 2 rings (SSSR count). The average molecular weight is 220 g/mol. The molecule has 0 amide bonds. The molecule has 1 heterocycles. The molecule has 3 nitrogen and oxygen atoms in total. The van der Waals surface area contributed by atoms with Crippen LogP contribution in [0.2, 0.25) is 0 Å². The monoisotopic (exact) mass is 220 g/mol. The average Bonchev–Trinajstić information content (AvgIpc) is 2.70. The van der Waals surface area contributed by atoms with E-state index in [0.29, 0.717) is 11.1 Å². The Morgan fingerprint density at radius 2 is 2.12 bits per heavy atom. The van der Waals surface area contributed by atoms with E-state index in [9.17, 15) is 9.50 Å². The lowest BCUT2D eigenvalue weighted by Crippen LogP contribution is -1.99. The number of aromatic hydroxyl groups is 1. The lowest BCUT2D eigenvalue weighted by Gasteiger charge is -2.04. The number of halogens is 1. The van der Waals surface area contributed by atoms with E-state index < -0.39 is 0 Å². The van der Waals surface area contributed by atoms with Gasteiger partial charge in [0.2, 0.25) is 0 Å². The summed E-state index contributed by atoms with van der Waals surface area (Å²) in [7, 11) is 0. The first-order valence-corrected chi connectivity index (χ1v) is 5.11. The van der Waals surface area contributed by atoms with Crippen LogP contribution in [-0.4, -0.2) is 14.9 Å². The molecule has 2 aromatic rings. The van der Waals surface area contributed by atoms with Crippen molar-refractivity contribution in [2.24, 2.45) is 0 Å². The van der Waals surface area contributed by atoms with Crippen molar-refractivity contribution in [1.82, 2.24) is 9.78 Å². The van der Waals surface area contributed by atoms with Gasteiger partial charge in [-0.3, -0.25) is 4.68 Å². The van der Waals surface area contributed by atoms with E-state index in [1.807, 2.05) is 13.8 Å². The SMILES string of the molecule is CC(C)n1cc(-c2cc(F)ccc2O)cn1. The van der Waals surface area contributed by atoms with Crippen molar-refractivity contribution >= 4 is 0 Å². The summed E-state index contributed by atoms with van der Waals surface area (Å²) in [5.41, 5.74) is 1.18. The lowest BCUT2D eigenvalue weighted by molar-refractivity contribution is 0.475. The minimum Gasteiger partial charge on any atom is -0.507 e. The molecule has 0 spiro atoms. The summed E-state index contributed by atoms with van der Waals surface area (Å²) in [6.07, 6.45) is 3.41. The summed E-state index contributed by atoms with van der Waals surface area (Å²) in [6, 6.07) is 4.12. The fraction of sp³-hybridized carbons (Fsp3) is 0.250. The second kappa shape index (κ2) is 3.96. The Kier molecular flexibility index (Phi) is 2.64. The van der Waals surface area contributed by atoms with Crippen molar-refractivity contribution in [1.29, 1.82) is 0 Å². The lowest BCUT2D eigenvalue weighted by atomic mass is 10.1.